The fourth-order valence-corrected chi connectivity index (χ4v) is 2.90. The number of thioether (sulfide) groups is 1. The molecule has 0 aliphatic carbocycles. The highest BCUT2D eigenvalue weighted by Gasteiger charge is 2.10. The highest BCUT2D eigenvalue weighted by Crippen LogP contribution is 2.20. The van der Waals surface area contributed by atoms with Crippen LogP contribution in [0.1, 0.15) is 26.2 Å². The van der Waals surface area contributed by atoms with Crippen molar-refractivity contribution in [2.75, 3.05) is 0 Å². The van der Waals surface area contributed by atoms with E-state index < -0.39 is 0 Å². The maximum atomic E-state index is 11.7. The summed E-state index contributed by atoms with van der Waals surface area (Å²) in [6, 6.07) is 10.0. The number of nitrogens with zero attached hydrogens (tertiary/aromatic N) is 1. The van der Waals surface area contributed by atoms with Gasteiger partial charge in [-0.1, -0.05) is 43.8 Å². The van der Waals surface area contributed by atoms with Crippen LogP contribution in [0.25, 0.3) is 10.9 Å². The van der Waals surface area contributed by atoms with E-state index in [0.717, 1.165) is 23.7 Å². The molecule has 0 atom stereocenters. The molecule has 0 radical (unpaired) electrons. The predicted molar refractivity (Wildman–Crippen MR) is 82.1 cm³/mol. The van der Waals surface area contributed by atoms with Crippen LogP contribution >= 0.6 is 24.0 Å². The van der Waals surface area contributed by atoms with Gasteiger partial charge in [-0.2, -0.15) is 0 Å². The Bertz CT molecular complexity index is 574. The summed E-state index contributed by atoms with van der Waals surface area (Å²) in [6.45, 7) is 2.08. The second-order valence-electron chi connectivity index (χ2n) is 4.09. The third kappa shape index (κ3) is 3.00. The number of rotatable bonds is 3. The molecule has 0 aliphatic heterocycles. The maximum Gasteiger partial charge on any atom is 0.195 e. The monoisotopic (exact) mass is 277 g/mol. The van der Waals surface area contributed by atoms with Gasteiger partial charge in [0.25, 0.3) is 0 Å². The Morgan fingerprint density at radius 3 is 2.89 bits per heavy atom. The van der Waals surface area contributed by atoms with Crippen LogP contribution in [0.15, 0.2) is 36.5 Å². The molecule has 0 spiro atoms. The Morgan fingerprint density at radius 1 is 1.33 bits per heavy atom. The number of unbranched alkanes of at least 4 members (excludes halogenated alkanes) is 1. The van der Waals surface area contributed by atoms with Gasteiger partial charge in [-0.05, 0) is 35.7 Å². The van der Waals surface area contributed by atoms with Crippen molar-refractivity contribution in [2.24, 2.45) is 0 Å². The molecule has 94 valence electrons. The minimum absolute atomic E-state index is 0.152. The first-order valence-electron chi connectivity index (χ1n) is 6.03. The van der Waals surface area contributed by atoms with Crippen LogP contribution in [0.5, 0.6) is 0 Å². The second-order valence-corrected chi connectivity index (χ2v) is 5.78. The third-order valence-corrected chi connectivity index (χ3v) is 3.98. The number of benzene rings is 1. The van der Waals surface area contributed by atoms with Crippen molar-refractivity contribution in [3.8, 4) is 0 Å². The molecule has 1 aromatic heterocycles. The van der Waals surface area contributed by atoms with E-state index in [1.54, 1.807) is 0 Å². The molecule has 18 heavy (non-hydrogen) atoms. The molecule has 0 saturated carbocycles. The summed E-state index contributed by atoms with van der Waals surface area (Å²) in [5.41, 5.74) is 1.05. The SMILES string of the molecule is CCCCC(=O)SC(=S)n1ccc2ccccc21. The normalized spacial score (nSPS) is 10.7. The largest absolute Gasteiger partial charge is 0.302 e. The molecular formula is C14H15NOS2. The standard InChI is InChI=1S/C14H15NOS2/c1-2-3-8-13(16)18-14(17)15-10-9-11-6-4-5-7-12(11)15/h4-7,9-10H,2-3,8H2,1H3. The zero-order valence-corrected chi connectivity index (χ0v) is 11.9. The Balaban J connectivity index is 2.12. The van der Waals surface area contributed by atoms with Crippen LogP contribution in [0.4, 0.5) is 0 Å². The fourth-order valence-electron chi connectivity index (χ4n) is 1.76. The molecule has 0 fully saturated rings. The van der Waals surface area contributed by atoms with Gasteiger partial charge in [-0.3, -0.25) is 4.79 Å². The van der Waals surface area contributed by atoms with E-state index in [1.807, 2.05) is 41.1 Å². The molecule has 0 amide bonds. The smallest absolute Gasteiger partial charge is 0.195 e. The number of para-hydroxylation sites is 1. The van der Waals surface area contributed by atoms with Gasteiger partial charge in [0.1, 0.15) is 0 Å². The van der Waals surface area contributed by atoms with Gasteiger partial charge < -0.3 is 4.57 Å². The summed E-state index contributed by atoms with van der Waals surface area (Å²) < 4.78 is 2.51. The van der Waals surface area contributed by atoms with Gasteiger partial charge in [0.15, 0.2) is 9.44 Å². The Morgan fingerprint density at radius 2 is 2.11 bits per heavy atom. The fraction of sp³-hybridized carbons (Fsp3) is 0.286. The van der Waals surface area contributed by atoms with E-state index in [4.69, 9.17) is 12.2 Å². The maximum absolute atomic E-state index is 11.7. The molecule has 4 heteroatoms. The Hall–Kier alpha value is -1.13. The Labute approximate surface area is 116 Å². The molecule has 2 rings (SSSR count). The van der Waals surface area contributed by atoms with E-state index in [0.29, 0.717) is 10.7 Å². The summed E-state index contributed by atoms with van der Waals surface area (Å²) in [7, 11) is 0. The van der Waals surface area contributed by atoms with Crippen molar-refractivity contribution in [1.82, 2.24) is 4.57 Å². The summed E-state index contributed by atoms with van der Waals surface area (Å²) in [6.07, 6.45) is 4.49. The molecular weight excluding hydrogens is 262 g/mol. The number of thiocarbonyl (C=S) groups is 1. The summed E-state index contributed by atoms with van der Waals surface area (Å²) in [5, 5.41) is 1.29. The first kappa shape index (κ1) is 13.3. The third-order valence-electron chi connectivity index (χ3n) is 2.73. The molecule has 1 heterocycles. The lowest BCUT2D eigenvalue weighted by Gasteiger charge is -2.05. The summed E-state index contributed by atoms with van der Waals surface area (Å²) in [5.74, 6) is 0. The zero-order valence-electron chi connectivity index (χ0n) is 10.3. The van der Waals surface area contributed by atoms with Gasteiger partial charge in [-0.25, -0.2) is 0 Å². The molecule has 0 saturated heterocycles. The quantitative estimate of drug-likeness (QED) is 0.784. The molecule has 2 aromatic rings. The van der Waals surface area contributed by atoms with Crippen molar-refractivity contribution >= 4 is 44.3 Å². The number of carbonyl (C=O) groups excluding carboxylic acids is 1. The van der Waals surface area contributed by atoms with E-state index in [9.17, 15) is 4.79 Å². The van der Waals surface area contributed by atoms with E-state index in [2.05, 4.69) is 6.92 Å². The molecule has 0 N–H and O–H groups in total. The van der Waals surface area contributed by atoms with Crippen LogP contribution in [0.2, 0.25) is 0 Å². The average Bonchev–Trinajstić information content (AvgIpc) is 2.80. The number of hydrogen-bond donors (Lipinski definition) is 0. The van der Waals surface area contributed by atoms with Crippen molar-refractivity contribution in [2.45, 2.75) is 26.2 Å². The predicted octanol–water partition coefficient (Wildman–Crippen LogP) is 4.22. The van der Waals surface area contributed by atoms with Gasteiger partial charge in [0.05, 0.1) is 5.52 Å². The number of carbonyl (C=O) groups is 1. The highest BCUT2D eigenvalue weighted by molar-refractivity contribution is 8.32. The molecule has 0 unspecified atom stereocenters. The topological polar surface area (TPSA) is 22.0 Å². The van der Waals surface area contributed by atoms with Crippen molar-refractivity contribution in [3.05, 3.63) is 36.5 Å². The van der Waals surface area contributed by atoms with Crippen molar-refractivity contribution in [1.29, 1.82) is 0 Å². The number of fused-ring (bicyclic) bond motifs is 1. The number of hydrogen-bond acceptors (Lipinski definition) is 3. The highest BCUT2D eigenvalue weighted by atomic mass is 32.2. The lowest BCUT2D eigenvalue weighted by Crippen LogP contribution is -2.06. The lowest BCUT2D eigenvalue weighted by atomic mass is 10.2. The first-order valence-corrected chi connectivity index (χ1v) is 7.26. The Kier molecular flexibility index (Phi) is 4.55. The van der Waals surface area contributed by atoms with Crippen molar-refractivity contribution < 1.29 is 4.79 Å². The van der Waals surface area contributed by atoms with E-state index in [1.165, 1.54) is 11.8 Å². The van der Waals surface area contributed by atoms with Gasteiger partial charge in [0.2, 0.25) is 0 Å². The molecule has 1 aromatic carbocycles. The molecule has 0 aliphatic rings. The zero-order chi connectivity index (χ0) is 13.0. The van der Waals surface area contributed by atoms with Gasteiger partial charge >= 0.3 is 0 Å². The molecule has 0 bridgehead atoms. The van der Waals surface area contributed by atoms with E-state index in [-0.39, 0.29) is 5.12 Å². The van der Waals surface area contributed by atoms with Crippen LogP contribution in [-0.4, -0.2) is 14.0 Å². The van der Waals surface area contributed by atoms with Crippen LogP contribution < -0.4 is 0 Å². The van der Waals surface area contributed by atoms with Gasteiger partial charge in [-0.15, -0.1) is 0 Å². The summed E-state index contributed by atoms with van der Waals surface area (Å²) in [4.78, 5) is 11.7. The lowest BCUT2D eigenvalue weighted by molar-refractivity contribution is -0.110. The van der Waals surface area contributed by atoms with Gasteiger partial charge in [0, 0.05) is 12.6 Å². The number of aromatic nitrogens is 1. The average molecular weight is 277 g/mol. The minimum atomic E-state index is 0.152. The van der Waals surface area contributed by atoms with E-state index >= 15 is 0 Å². The van der Waals surface area contributed by atoms with Crippen LogP contribution in [0.3, 0.4) is 0 Å². The summed E-state index contributed by atoms with van der Waals surface area (Å²) >= 11 is 6.50. The second kappa shape index (κ2) is 6.16. The van der Waals surface area contributed by atoms with Crippen LogP contribution in [0, 0.1) is 0 Å². The first-order chi connectivity index (χ1) is 8.72. The van der Waals surface area contributed by atoms with Crippen molar-refractivity contribution in [3.63, 3.8) is 0 Å². The minimum Gasteiger partial charge on any atom is -0.302 e. The molecule has 2 nitrogen and oxygen atoms in total. The van der Waals surface area contributed by atoms with Crippen LogP contribution in [-0.2, 0) is 4.79 Å².